The van der Waals surface area contributed by atoms with Gasteiger partial charge >= 0.3 is 0 Å². The molecular formula is C13H20ClFN2O2S. The molecule has 0 amide bonds. The van der Waals surface area contributed by atoms with Gasteiger partial charge in [-0.25, -0.2) is 17.5 Å². The van der Waals surface area contributed by atoms with Gasteiger partial charge in [0.05, 0.1) is 4.90 Å². The average Bonchev–Trinajstić information content (AvgIpc) is 2.85. The number of halogens is 2. The Bertz CT molecular complexity index is 545. The average molecular weight is 323 g/mol. The molecule has 2 N–H and O–H groups in total. The van der Waals surface area contributed by atoms with E-state index in [4.69, 9.17) is 0 Å². The minimum absolute atomic E-state index is 0. The molecule has 2 rings (SSSR count). The summed E-state index contributed by atoms with van der Waals surface area (Å²) in [7, 11) is -3.62. The molecule has 1 atom stereocenters. The highest BCUT2D eigenvalue weighted by Crippen LogP contribution is 2.17. The van der Waals surface area contributed by atoms with Crippen LogP contribution in [0, 0.1) is 18.7 Å². The summed E-state index contributed by atoms with van der Waals surface area (Å²) in [6.07, 6.45) is 1.89. The van der Waals surface area contributed by atoms with Crippen molar-refractivity contribution in [2.75, 3.05) is 19.6 Å². The molecule has 0 saturated carbocycles. The third-order valence-electron chi connectivity index (χ3n) is 3.45. The van der Waals surface area contributed by atoms with E-state index < -0.39 is 15.8 Å². The van der Waals surface area contributed by atoms with Crippen molar-refractivity contribution < 1.29 is 12.8 Å². The summed E-state index contributed by atoms with van der Waals surface area (Å²) in [5.74, 6) is -0.0118. The number of rotatable bonds is 5. The third kappa shape index (κ3) is 4.41. The predicted molar refractivity (Wildman–Crippen MR) is 79.2 cm³/mol. The molecule has 1 fully saturated rings. The van der Waals surface area contributed by atoms with Crippen LogP contribution >= 0.6 is 12.4 Å². The number of sulfonamides is 1. The quantitative estimate of drug-likeness (QED) is 0.869. The highest BCUT2D eigenvalue weighted by atomic mass is 35.5. The smallest absolute Gasteiger partial charge is 0.240 e. The van der Waals surface area contributed by atoms with Gasteiger partial charge in [0.25, 0.3) is 0 Å². The van der Waals surface area contributed by atoms with Gasteiger partial charge in [-0.3, -0.25) is 0 Å². The number of benzene rings is 1. The Morgan fingerprint density at radius 3 is 2.85 bits per heavy atom. The molecule has 1 unspecified atom stereocenters. The van der Waals surface area contributed by atoms with E-state index in [1.165, 1.54) is 12.1 Å². The fraction of sp³-hybridized carbons (Fsp3) is 0.538. The van der Waals surface area contributed by atoms with Crippen LogP contribution in [0.2, 0.25) is 0 Å². The van der Waals surface area contributed by atoms with Gasteiger partial charge in [0.1, 0.15) is 5.82 Å². The largest absolute Gasteiger partial charge is 0.316 e. The van der Waals surface area contributed by atoms with Crippen molar-refractivity contribution in [3.8, 4) is 0 Å². The zero-order chi connectivity index (χ0) is 13.9. The van der Waals surface area contributed by atoms with Gasteiger partial charge in [-0.2, -0.15) is 0 Å². The van der Waals surface area contributed by atoms with E-state index in [1.54, 1.807) is 6.92 Å². The van der Waals surface area contributed by atoms with Crippen LogP contribution in [0.1, 0.15) is 18.4 Å². The van der Waals surface area contributed by atoms with Crippen molar-refractivity contribution in [3.05, 3.63) is 29.6 Å². The van der Waals surface area contributed by atoms with Gasteiger partial charge < -0.3 is 5.32 Å². The fourth-order valence-electron chi connectivity index (χ4n) is 2.30. The first-order chi connectivity index (χ1) is 8.99. The topological polar surface area (TPSA) is 58.2 Å². The molecule has 7 heteroatoms. The molecule has 114 valence electrons. The summed E-state index contributed by atoms with van der Waals surface area (Å²) in [5, 5.41) is 3.24. The zero-order valence-corrected chi connectivity index (χ0v) is 13.0. The Labute approximate surface area is 125 Å². The molecule has 0 bridgehead atoms. The second kappa shape index (κ2) is 7.36. The maximum atomic E-state index is 13.1. The van der Waals surface area contributed by atoms with E-state index in [0.717, 1.165) is 32.0 Å². The van der Waals surface area contributed by atoms with E-state index in [9.17, 15) is 12.8 Å². The number of hydrogen-bond donors (Lipinski definition) is 2. The highest BCUT2D eigenvalue weighted by molar-refractivity contribution is 7.89. The van der Waals surface area contributed by atoms with Crippen molar-refractivity contribution in [3.63, 3.8) is 0 Å². The second-order valence-electron chi connectivity index (χ2n) is 4.96. The minimum Gasteiger partial charge on any atom is -0.316 e. The summed E-state index contributed by atoms with van der Waals surface area (Å²) in [5.41, 5.74) is 0.552. The molecule has 20 heavy (non-hydrogen) atoms. The third-order valence-corrected chi connectivity index (χ3v) is 5.05. The van der Waals surface area contributed by atoms with Gasteiger partial charge in [-0.05, 0) is 56.5 Å². The first-order valence-corrected chi connectivity index (χ1v) is 7.94. The number of nitrogens with one attached hydrogen (secondary N) is 2. The van der Waals surface area contributed by atoms with Gasteiger partial charge in [0.15, 0.2) is 0 Å². The van der Waals surface area contributed by atoms with Crippen molar-refractivity contribution in [2.45, 2.75) is 24.7 Å². The Hall–Kier alpha value is -0.690. The van der Waals surface area contributed by atoms with Crippen molar-refractivity contribution >= 4 is 22.4 Å². The normalized spacial score (nSPS) is 18.8. The molecule has 1 saturated heterocycles. The molecule has 0 radical (unpaired) electrons. The first kappa shape index (κ1) is 17.4. The maximum absolute atomic E-state index is 13.1. The molecule has 1 aromatic rings. The minimum atomic E-state index is -3.62. The first-order valence-electron chi connectivity index (χ1n) is 6.45. The van der Waals surface area contributed by atoms with Crippen molar-refractivity contribution in [1.29, 1.82) is 0 Å². The zero-order valence-electron chi connectivity index (χ0n) is 11.4. The molecule has 1 aliphatic rings. The summed E-state index contributed by atoms with van der Waals surface area (Å²) in [6.45, 7) is 4.00. The lowest BCUT2D eigenvalue weighted by Gasteiger charge is -2.11. The van der Waals surface area contributed by atoms with Gasteiger partial charge in [0, 0.05) is 6.54 Å². The molecule has 1 heterocycles. The standard InChI is InChI=1S/C13H19FN2O2S.ClH/c1-10-2-3-12(14)8-13(10)19(17,18)16-7-5-11-4-6-15-9-11;/h2-3,8,11,15-16H,4-7,9H2,1H3;1H. The van der Waals surface area contributed by atoms with Crippen LogP contribution in [0.5, 0.6) is 0 Å². The molecule has 4 nitrogen and oxygen atoms in total. The Morgan fingerprint density at radius 2 is 2.20 bits per heavy atom. The van der Waals surface area contributed by atoms with Gasteiger partial charge in [-0.15, -0.1) is 12.4 Å². The summed E-state index contributed by atoms with van der Waals surface area (Å²) in [4.78, 5) is 0.0250. The SMILES string of the molecule is Cc1ccc(F)cc1S(=O)(=O)NCCC1CCNC1.Cl. The monoisotopic (exact) mass is 322 g/mol. The molecule has 0 aliphatic carbocycles. The van der Waals surface area contributed by atoms with Crippen LogP contribution in [0.25, 0.3) is 0 Å². The molecule has 1 aromatic carbocycles. The van der Waals surface area contributed by atoms with E-state index in [1.807, 2.05) is 0 Å². The van der Waals surface area contributed by atoms with Crippen LogP contribution in [-0.2, 0) is 10.0 Å². The molecular weight excluding hydrogens is 303 g/mol. The maximum Gasteiger partial charge on any atom is 0.240 e. The van der Waals surface area contributed by atoms with E-state index >= 15 is 0 Å². The van der Waals surface area contributed by atoms with Gasteiger partial charge in [-0.1, -0.05) is 6.07 Å². The summed E-state index contributed by atoms with van der Waals surface area (Å²) >= 11 is 0. The van der Waals surface area contributed by atoms with Crippen LogP contribution in [-0.4, -0.2) is 28.1 Å². The van der Waals surface area contributed by atoms with E-state index in [-0.39, 0.29) is 17.3 Å². The Morgan fingerprint density at radius 1 is 1.45 bits per heavy atom. The van der Waals surface area contributed by atoms with Crippen LogP contribution < -0.4 is 10.0 Å². The van der Waals surface area contributed by atoms with Crippen LogP contribution in [0.3, 0.4) is 0 Å². The van der Waals surface area contributed by atoms with E-state index in [0.29, 0.717) is 18.0 Å². The fourth-order valence-corrected chi connectivity index (χ4v) is 3.60. The lowest BCUT2D eigenvalue weighted by molar-refractivity contribution is 0.518. The molecule has 1 aliphatic heterocycles. The highest BCUT2D eigenvalue weighted by Gasteiger charge is 2.19. The number of aryl methyl sites for hydroxylation is 1. The lowest BCUT2D eigenvalue weighted by atomic mass is 10.1. The lowest BCUT2D eigenvalue weighted by Crippen LogP contribution is -2.27. The molecule has 0 spiro atoms. The van der Waals surface area contributed by atoms with Crippen LogP contribution in [0.15, 0.2) is 23.1 Å². The number of hydrogen-bond acceptors (Lipinski definition) is 3. The second-order valence-corrected chi connectivity index (χ2v) is 6.69. The van der Waals surface area contributed by atoms with Gasteiger partial charge in [0.2, 0.25) is 10.0 Å². The van der Waals surface area contributed by atoms with Crippen LogP contribution in [0.4, 0.5) is 4.39 Å². The Balaban J connectivity index is 0.00000200. The predicted octanol–water partition coefficient (Wildman–Crippen LogP) is 1.83. The van der Waals surface area contributed by atoms with Crippen molar-refractivity contribution in [1.82, 2.24) is 10.0 Å². The Kier molecular flexibility index (Phi) is 6.39. The summed E-state index contributed by atoms with van der Waals surface area (Å²) < 4.78 is 39.9. The van der Waals surface area contributed by atoms with Crippen molar-refractivity contribution in [2.24, 2.45) is 5.92 Å². The summed E-state index contributed by atoms with van der Waals surface area (Å²) in [6, 6.07) is 3.80. The van der Waals surface area contributed by atoms with E-state index in [2.05, 4.69) is 10.0 Å². The molecule has 0 aromatic heterocycles.